The van der Waals surface area contributed by atoms with Crippen LogP contribution in [0.5, 0.6) is 11.5 Å². The number of hydrogen-bond donors (Lipinski definition) is 0. The van der Waals surface area contributed by atoms with E-state index in [0.717, 1.165) is 5.69 Å². The van der Waals surface area contributed by atoms with Crippen molar-refractivity contribution in [2.24, 2.45) is 0 Å². The second-order valence-electron chi connectivity index (χ2n) is 7.85. The van der Waals surface area contributed by atoms with Gasteiger partial charge in [0.15, 0.2) is 11.6 Å². The molecule has 1 fully saturated rings. The first-order valence-electron chi connectivity index (χ1n) is 11.1. The zero-order chi connectivity index (χ0) is 24.0. The molecule has 0 saturated carbocycles. The number of amides is 1. The number of pyridine rings is 1. The Hall–Kier alpha value is -4.60. The minimum atomic E-state index is -0.520. The normalized spacial score (nSPS) is 13.9. The Kier molecular flexibility index (Phi) is 6.42. The number of nitrogens with zero attached hydrogens (tertiary/aromatic N) is 7. The molecule has 0 atom stereocenters. The number of carbonyl (C=O) groups is 1. The van der Waals surface area contributed by atoms with Gasteiger partial charge in [-0.2, -0.15) is 4.68 Å². The number of piperazine rings is 1. The van der Waals surface area contributed by atoms with Crippen LogP contribution in [0.2, 0.25) is 0 Å². The molecule has 1 aliphatic rings. The van der Waals surface area contributed by atoms with E-state index in [0.29, 0.717) is 43.4 Å². The van der Waals surface area contributed by atoms with E-state index >= 15 is 0 Å². The van der Waals surface area contributed by atoms with E-state index in [1.807, 2.05) is 30.3 Å². The summed E-state index contributed by atoms with van der Waals surface area (Å²) in [5.41, 5.74) is 1.44. The summed E-state index contributed by atoms with van der Waals surface area (Å²) >= 11 is 0. The van der Waals surface area contributed by atoms with Crippen molar-refractivity contribution >= 4 is 17.9 Å². The van der Waals surface area contributed by atoms with E-state index in [9.17, 15) is 9.18 Å². The standard InChI is InChI=1S/C25H22FN7O2/c26-22-17-19(8-10-23(22)35-21-7-4-12-27-18-21)9-11-24(34)31-13-15-32(16-14-31)25-28-29-30-33(25)20-5-2-1-3-6-20/h1-12,17-18H,13-16H2/b11-9+. The highest BCUT2D eigenvalue weighted by Crippen LogP contribution is 2.25. The lowest BCUT2D eigenvalue weighted by atomic mass is 10.2. The number of rotatable bonds is 6. The second kappa shape index (κ2) is 10.1. The fraction of sp³-hybridized carbons (Fsp3) is 0.160. The van der Waals surface area contributed by atoms with Gasteiger partial charge in [-0.25, -0.2) is 4.39 Å². The number of aromatic nitrogens is 5. The van der Waals surface area contributed by atoms with E-state index in [1.54, 1.807) is 40.1 Å². The maximum atomic E-state index is 14.4. The fourth-order valence-electron chi connectivity index (χ4n) is 3.75. The highest BCUT2D eigenvalue weighted by Gasteiger charge is 2.24. The van der Waals surface area contributed by atoms with Gasteiger partial charge in [0.1, 0.15) is 5.75 Å². The largest absolute Gasteiger partial charge is 0.453 e. The maximum Gasteiger partial charge on any atom is 0.250 e. The third-order valence-electron chi connectivity index (χ3n) is 5.56. The Morgan fingerprint density at radius 3 is 2.57 bits per heavy atom. The summed E-state index contributed by atoms with van der Waals surface area (Å²) in [6, 6.07) is 17.6. The average molecular weight is 471 g/mol. The molecule has 10 heteroatoms. The van der Waals surface area contributed by atoms with Crippen molar-refractivity contribution in [1.82, 2.24) is 30.1 Å². The molecule has 2 aromatic heterocycles. The molecular weight excluding hydrogens is 449 g/mol. The summed E-state index contributed by atoms with van der Waals surface area (Å²) in [6.07, 6.45) is 6.18. The number of anilines is 1. The first-order valence-corrected chi connectivity index (χ1v) is 11.1. The van der Waals surface area contributed by atoms with E-state index in [-0.39, 0.29) is 11.7 Å². The van der Waals surface area contributed by atoms with Crippen molar-refractivity contribution < 1.29 is 13.9 Å². The highest BCUT2D eigenvalue weighted by atomic mass is 19.1. The quantitative estimate of drug-likeness (QED) is 0.399. The molecule has 1 aliphatic heterocycles. The smallest absolute Gasteiger partial charge is 0.250 e. The molecule has 2 aromatic carbocycles. The van der Waals surface area contributed by atoms with Crippen molar-refractivity contribution in [2.45, 2.75) is 0 Å². The summed E-state index contributed by atoms with van der Waals surface area (Å²) in [4.78, 5) is 20.4. The van der Waals surface area contributed by atoms with Gasteiger partial charge in [-0.15, -0.1) is 0 Å². The van der Waals surface area contributed by atoms with Crippen LogP contribution in [-0.2, 0) is 4.79 Å². The molecule has 0 spiro atoms. The summed E-state index contributed by atoms with van der Waals surface area (Å²) in [5.74, 6) is 0.525. The van der Waals surface area contributed by atoms with Gasteiger partial charge in [-0.1, -0.05) is 29.4 Å². The lowest BCUT2D eigenvalue weighted by Gasteiger charge is -2.34. The molecule has 35 heavy (non-hydrogen) atoms. The van der Waals surface area contributed by atoms with Crippen LogP contribution in [0.15, 0.2) is 79.1 Å². The lowest BCUT2D eigenvalue weighted by Crippen LogP contribution is -2.49. The summed E-state index contributed by atoms with van der Waals surface area (Å²) < 4.78 is 21.6. The van der Waals surface area contributed by atoms with Crippen LogP contribution in [0.4, 0.5) is 10.3 Å². The Balaban J connectivity index is 1.18. The molecule has 4 aromatic rings. The monoisotopic (exact) mass is 471 g/mol. The Morgan fingerprint density at radius 1 is 1.00 bits per heavy atom. The second-order valence-corrected chi connectivity index (χ2v) is 7.85. The van der Waals surface area contributed by atoms with E-state index in [4.69, 9.17) is 4.74 Å². The predicted molar refractivity (Wildman–Crippen MR) is 128 cm³/mol. The Bertz CT molecular complexity index is 1320. The van der Waals surface area contributed by atoms with Crippen molar-refractivity contribution in [3.63, 3.8) is 0 Å². The molecule has 0 N–H and O–H groups in total. The number of carbonyl (C=O) groups excluding carboxylic acids is 1. The maximum absolute atomic E-state index is 14.4. The Morgan fingerprint density at radius 2 is 1.83 bits per heavy atom. The van der Waals surface area contributed by atoms with E-state index < -0.39 is 5.82 Å². The molecule has 0 bridgehead atoms. The van der Waals surface area contributed by atoms with Crippen LogP contribution in [0, 0.1) is 5.82 Å². The summed E-state index contributed by atoms with van der Waals surface area (Å²) in [6.45, 7) is 2.25. The minimum Gasteiger partial charge on any atom is -0.453 e. The number of para-hydroxylation sites is 1. The van der Waals surface area contributed by atoms with Gasteiger partial charge in [-0.3, -0.25) is 9.78 Å². The third-order valence-corrected chi connectivity index (χ3v) is 5.56. The van der Waals surface area contributed by atoms with Crippen LogP contribution in [0.1, 0.15) is 5.56 Å². The lowest BCUT2D eigenvalue weighted by molar-refractivity contribution is -0.126. The van der Waals surface area contributed by atoms with Gasteiger partial charge in [-0.05, 0) is 58.5 Å². The number of hydrogen-bond acceptors (Lipinski definition) is 7. The van der Waals surface area contributed by atoms with Crippen LogP contribution in [-0.4, -0.2) is 62.2 Å². The van der Waals surface area contributed by atoms with Gasteiger partial charge in [0, 0.05) is 38.5 Å². The number of benzene rings is 2. The molecule has 0 aliphatic carbocycles. The summed E-state index contributed by atoms with van der Waals surface area (Å²) in [7, 11) is 0. The molecule has 9 nitrogen and oxygen atoms in total. The number of halogens is 1. The van der Waals surface area contributed by atoms with Crippen molar-refractivity contribution in [3.8, 4) is 17.2 Å². The van der Waals surface area contributed by atoms with Gasteiger partial charge in [0.25, 0.3) is 0 Å². The van der Waals surface area contributed by atoms with Crippen LogP contribution in [0.3, 0.4) is 0 Å². The molecule has 0 unspecified atom stereocenters. The summed E-state index contributed by atoms with van der Waals surface area (Å²) in [5, 5.41) is 12.1. The molecule has 0 radical (unpaired) electrons. The number of ether oxygens (including phenoxy) is 1. The van der Waals surface area contributed by atoms with E-state index in [2.05, 4.69) is 25.4 Å². The fourth-order valence-corrected chi connectivity index (χ4v) is 3.75. The van der Waals surface area contributed by atoms with Crippen molar-refractivity contribution in [2.75, 3.05) is 31.1 Å². The van der Waals surface area contributed by atoms with Crippen LogP contribution < -0.4 is 9.64 Å². The predicted octanol–water partition coefficient (Wildman–Crippen LogP) is 3.35. The zero-order valence-corrected chi connectivity index (χ0v) is 18.7. The zero-order valence-electron chi connectivity index (χ0n) is 18.7. The van der Waals surface area contributed by atoms with Crippen LogP contribution in [0.25, 0.3) is 11.8 Å². The highest BCUT2D eigenvalue weighted by molar-refractivity contribution is 5.92. The average Bonchev–Trinajstić information content (AvgIpc) is 3.40. The molecule has 3 heterocycles. The Labute approximate surface area is 201 Å². The van der Waals surface area contributed by atoms with Crippen molar-refractivity contribution in [3.05, 3.63) is 90.5 Å². The van der Waals surface area contributed by atoms with Crippen LogP contribution >= 0.6 is 0 Å². The van der Waals surface area contributed by atoms with E-state index in [1.165, 1.54) is 24.4 Å². The van der Waals surface area contributed by atoms with Crippen molar-refractivity contribution in [1.29, 1.82) is 0 Å². The topological polar surface area (TPSA) is 89.3 Å². The first-order chi connectivity index (χ1) is 17.2. The molecule has 1 saturated heterocycles. The molecule has 5 rings (SSSR count). The molecule has 1 amide bonds. The van der Waals surface area contributed by atoms with Gasteiger partial charge in [0.2, 0.25) is 11.9 Å². The molecule has 176 valence electrons. The third kappa shape index (κ3) is 5.16. The SMILES string of the molecule is O=C(/C=C/c1ccc(Oc2cccnc2)c(F)c1)N1CCN(c2nnnn2-c2ccccc2)CC1. The van der Waals surface area contributed by atoms with Gasteiger partial charge >= 0.3 is 0 Å². The number of tetrazole rings is 1. The van der Waals surface area contributed by atoms with Gasteiger partial charge in [0.05, 0.1) is 11.9 Å². The first kappa shape index (κ1) is 22.2. The molecular formula is C25H22FN7O2. The van der Waals surface area contributed by atoms with Gasteiger partial charge < -0.3 is 14.5 Å². The minimum absolute atomic E-state index is 0.0930.